The summed E-state index contributed by atoms with van der Waals surface area (Å²) in [5, 5.41) is 4.24. The second-order valence-corrected chi connectivity index (χ2v) is 4.78. The fraction of sp³-hybridized carbons (Fsp3) is 0.333. The van der Waals surface area contributed by atoms with Crippen LogP contribution in [-0.4, -0.2) is 48.6 Å². The number of rotatable bonds is 3. The van der Waals surface area contributed by atoms with Crippen molar-refractivity contribution >= 4 is 16.8 Å². The third kappa shape index (κ3) is 2.88. The third-order valence-corrected chi connectivity index (χ3v) is 3.41. The number of hydrogen-bond donors (Lipinski definition) is 1. The van der Waals surface area contributed by atoms with Crippen molar-refractivity contribution < 1.29 is 9.53 Å². The van der Waals surface area contributed by atoms with Crippen LogP contribution in [0.1, 0.15) is 0 Å². The maximum atomic E-state index is 12.0. The topological polar surface area (TPSA) is 54.5 Å². The van der Waals surface area contributed by atoms with E-state index < -0.39 is 0 Å². The Morgan fingerprint density at radius 3 is 3.00 bits per heavy atom. The fourth-order valence-electron chi connectivity index (χ4n) is 2.29. The third-order valence-electron chi connectivity index (χ3n) is 3.41. The maximum absolute atomic E-state index is 12.0. The van der Waals surface area contributed by atoms with Crippen molar-refractivity contribution in [2.45, 2.75) is 0 Å². The molecule has 0 spiro atoms. The summed E-state index contributed by atoms with van der Waals surface area (Å²) in [7, 11) is 0. The van der Waals surface area contributed by atoms with E-state index in [1.165, 1.54) is 0 Å². The number of fused-ring (bicyclic) bond motifs is 1. The highest BCUT2D eigenvalue weighted by molar-refractivity contribution is 5.80. The first-order chi connectivity index (χ1) is 9.83. The van der Waals surface area contributed by atoms with Gasteiger partial charge in [-0.05, 0) is 24.3 Å². The molecular formula is C15H17N3O2. The highest BCUT2D eigenvalue weighted by Crippen LogP contribution is 2.18. The van der Waals surface area contributed by atoms with Gasteiger partial charge in [-0.25, -0.2) is 0 Å². The molecule has 0 atom stereocenters. The SMILES string of the molecule is O=C(COc1ccc2ncccc2c1)N1CCNCC1. The predicted octanol–water partition coefficient (Wildman–Crippen LogP) is 1.05. The standard InChI is InChI=1S/C15H17N3O2/c19-15(18-8-6-16-7-9-18)11-20-13-3-4-14-12(10-13)2-1-5-17-14/h1-5,10,16H,6-9,11H2. The average molecular weight is 271 g/mol. The normalized spacial score (nSPS) is 15.3. The number of pyridine rings is 1. The Bertz CT molecular complexity index is 609. The summed E-state index contributed by atoms with van der Waals surface area (Å²) in [6, 6.07) is 9.53. The Balaban J connectivity index is 1.62. The number of ether oxygens (including phenoxy) is 1. The zero-order valence-electron chi connectivity index (χ0n) is 11.2. The van der Waals surface area contributed by atoms with Gasteiger partial charge in [-0.1, -0.05) is 6.07 Å². The first-order valence-corrected chi connectivity index (χ1v) is 6.79. The summed E-state index contributed by atoms with van der Waals surface area (Å²) >= 11 is 0. The molecule has 1 N–H and O–H groups in total. The Labute approximate surface area is 117 Å². The maximum Gasteiger partial charge on any atom is 0.260 e. The van der Waals surface area contributed by atoms with Crippen molar-refractivity contribution in [3.05, 3.63) is 36.5 Å². The van der Waals surface area contributed by atoms with Gasteiger partial charge in [-0.15, -0.1) is 0 Å². The van der Waals surface area contributed by atoms with Gasteiger partial charge in [0.05, 0.1) is 5.52 Å². The highest BCUT2D eigenvalue weighted by Gasteiger charge is 2.16. The van der Waals surface area contributed by atoms with Gasteiger partial charge >= 0.3 is 0 Å². The second kappa shape index (κ2) is 5.88. The van der Waals surface area contributed by atoms with E-state index in [4.69, 9.17) is 4.74 Å². The number of amides is 1. The Morgan fingerprint density at radius 2 is 2.15 bits per heavy atom. The zero-order valence-corrected chi connectivity index (χ0v) is 11.2. The van der Waals surface area contributed by atoms with E-state index in [0.29, 0.717) is 5.75 Å². The second-order valence-electron chi connectivity index (χ2n) is 4.78. The van der Waals surface area contributed by atoms with Crippen molar-refractivity contribution in [3.8, 4) is 5.75 Å². The molecule has 0 radical (unpaired) electrons. The number of hydrogen-bond acceptors (Lipinski definition) is 4. The highest BCUT2D eigenvalue weighted by atomic mass is 16.5. The Hall–Kier alpha value is -2.14. The minimum atomic E-state index is 0.0396. The molecule has 0 saturated carbocycles. The number of nitrogens with one attached hydrogen (secondary N) is 1. The Morgan fingerprint density at radius 1 is 1.30 bits per heavy atom. The monoisotopic (exact) mass is 271 g/mol. The van der Waals surface area contributed by atoms with Gasteiger partial charge in [0.15, 0.2) is 6.61 Å². The van der Waals surface area contributed by atoms with Crippen LogP contribution in [0, 0.1) is 0 Å². The molecule has 1 aromatic heterocycles. The first kappa shape index (κ1) is 12.9. The molecule has 0 aliphatic carbocycles. The van der Waals surface area contributed by atoms with E-state index in [2.05, 4.69) is 10.3 Å². The first-order valence-electron chi connectivity index (χ1n) is 6.79. The number of nitrogens with zero attached hydrogens (tertiary/aromatic N) is 2. The lowest BCUT2D eigenvalue weighted by Crippen LogP contribution is -2.47. The van der Waals surface area contributed by atoms with Crippen LogP contribution in [0.5, 0.6) is 5.75 Å². The van der Waals surface area contributed by atoms with Gasteiger partial charge in [0.2, 0.25) is 0 Å². The number of piperazine rings is 1. The lowest BCUT2D eigenvalue weighted by Gasteiger charge is -2.27. The van der Waals surface area contributed by atoms with Crippen LogP contribution in [0.3, 0.4) is 0 Å². The molecule has 0 bridgehead atoms. The summed E-state index contributed by atoms with van der Waals surface area (Å²) in [4.78, 5) is 18.1. The van der Waals surface area contributed by atoms with Crippen LogP contribution >= 0.6 is 0 Å². The van der Waals surface area contributed by atoms with E-state index in [1.54, 1.807) is 6.20 Å². The van der Waals surface area contributed by atoms with E-state index >= 15 is 0 Å². The molecule has 2 aromatic rings. The lowest BCUT2D eigenvalue weighted by atomic mass is 10.2. The molecule has 20 heavy (non-hydrogen) atoms. The molecule has 1 amide bonds. The van der Waals surface area contributed by atoms with Crippen LogP contribution < -0.4 is 10.1 Å². The number of carbonyl (C=O) groups excluding carboxylic acids is 1. The smallest absolute Gasteiger partial charge is 0.260 e. The summed E-state index contributed by atoms with van der Waals surface area (Å²) in [6.45, 7) is 3.31. The van der Waals surface area contributed by atoms with Crippen LogP contribution in [0.15, 0.2) is 36.5 Å². The zero-order chi connectivity index (χ0) is 13.8. The van der Waals surface area contributed by atoms with Crippen LogP contribution in [0.2, 0.25) is 0 Å². The fourth-order valence-corrected chi connectivity index (χ4v) is 2.29. The van der Waals surface area contributed by atoms with Gasteiger partial charge in [0.25, 0.3) is 5.91 Å². The number of benzene rings is 1. The molecule has 3 rings (SSSR count). The number of carbonyl (C=O) groups is 1. The van der Waals surface area contributed by atoms with Gasteiger partial charge in [0.1, 0.15) is 5.75 Å². The van der Waals surface area contributed by atoms with Gasteiger partial charge < -0.3 is 15.0 Å². The minimum Gasteiger partial charge on any atom is -0.484 e. The predicted molar refractivity (Wildman–Crippen MR) is 76.7 cm³/mol. The van der Waals surface area contributed by atoms with Crippen molar-refractivity contribution in [2.75, 3.05) is 32.8 Å². The van der Waals surface area contributed by atoms with Gasteiger partial charge in [0, 0.05) is 37.8 Å². The van der Waals surface area contributed by atoms with E-state index in [0.717, 1.165) is 37.1 Å². The molecule has 1 aliphatic heterocycles. The molecular weight excluding hydrogens is 254 g/mol. The molecule has 5 heteroatoms. The molecule has 5 nitrogen and oxygen atoms in total. The summed E-state index contributed by atoms with van der Waals surface area (Å²) in [6.07, 6.45) is 1.76. The van der Waals surface area contributed by atoms with Crippen molar-refractivity contribution in [1.82, 2.24) is 15.2 Å². The molecule has 1 aliphatic rings. The largest absolute Gasteiger partial charge is 0.484 e. The van der Waals surface area contributed by atoms with Crippen molar-refractivity contribution in [1.29, 1.82) is 0 Å². The lowest BCUT2D eigenvalue weighted by molar-refractivity contribution is -0.133. The quantitative estimate of drug-likeness (QED) is 0.906. The summed E-state index contributed by atoms with van der Waals surface area (Å²) in [5.74, 6) is 0.742. The molecule has 2 heterocycles. The number of aromatic nitrogens is 1. The van der Waals surface area contributed by atoms with Crippen molar-refractivity contribution in [2.24, 2.45) is 0 Å². The Kier molecular flexibility index (Phi) is 3.78. The van der Waals surface area contributed by atoms with E-state index in [9.17, 15) is 4.79 Å². The van der Waals surface area contributed by atoms with Crippen LogP contribution in [0.25, 0.3) is 10.9 Å². The summed E-state index contributed by atoms with van der Waals surface area (Å²) in [5.41, 5.74) is 0.924. The molecule has 104 valence electrons. The molecule has 1 saturated heterocycles. The van der Waals surface area contributed by atoms with Crippen molar-refractivity contribution in [3.63, 3.8) is 0 Å². The van der Waals surface area contributed by atoms with Gasteiger partial charge in [-0.2, -0.15) is 0 Å². The molecule has 1 fully saturated rings. The summed E-state index contributed by atoms with van der Waals surface area (Å²) < 4.78 is 5.59. The van der Waals surface area contributed by atoms with E-state index in [-0.39, 0.29) is 12.5 Å². The minimum absolute atomic E-state index is 0.0396. The van der Waals surface area contributed by atoms with Crippen LogP contribution in [0.4, 0.5) is 0 Å². The average Bonchev–Trinajstić information content (AvgIpc) is 2.53. The van der Waals surface area contributed by atoms with Gasteiger partial charge in [-0.3, -0.25) is 9.78 Å². The molecule has 0 unspecified atom stereocenters. The molecule has 1 aromatic carbocycles. The van der Waals surface area contributed by atoms with Crippen LogP contribution in [-0.2, 0) is 4.79 Å². The van der Waals surface area contributed by atoms with E-state index in [1.807, 2.05) is 35.2 Å².